The van der Waals surface area contributed by atoms with Gasteiger partial charge in [0.15, 0.2) is 5.65 Å². The van der Waals surface area contributed by atoms with Gasteiger partial charge >= 0.3 is 0 Å². The van der Waals surface area contributed by atoms with Gasteiger partial charge in [-0.25, -0.2) is 9.50 Å². The van der Waals surface area contributed by atoms with Crippen LogP contribution >= 0.6 is 0 Å². The fraction of sp³-hybridized carbons (Fsp3) is 0.400. The van der Waals surface area contributed by atoms with Crippen LogP contribution in [-0.4, -0.2) is 33.5 Å². The molecule has 0 atom stereocenters. The summed E-state index contributed by atoms with van der Waals surface area (Å²) in [5, 5.41) is 4.28. The highest BCUT2D eigenvalue weighted by atomic mass is 16.1. The Labute approximate surface area is 117 Å². The molecule has 2 aromatic rings. The maximum Gasteiger partial charge on any atom is 0.164 e. The molecule has 2 aromatic heterocycles. The van der Waals surface area contributed by atoms with Gasteiger partial charge in [0, 0.05) is 31.3 Å². The predicted octanol–water partition coefficient (Wildman–Crippen LogP) is 2.32. The van der Waals surface area contributed by atoms with Gasteiger partial charge in [0.2, 0.25) is 0 Å². The zero-order chi connectivity index (χ0) is 14.1. The first-order chi connectivity index (χ1) is 9.65. The molecule has 1 saturated heterocycles. The smallest absolute Gasteiger partial charge is 0.164 e. The number of Topliss-reactive ketones (excluding diaryl/α,β-unsaturated/α-hetero) is 1. The molecule has 1 aliphatic heterocycles. The molecule has 20 heavy (non-hydrogen) atoms. The van der Waals surface area contributed by atoms with Gasteiger partial charge in [0.1, 0.15) is 11.6 Å². The number of ketones is 1. The Hall–Kier alpha value is -2.17. The average molecular weight is 270 g/mol. The highest BCUT2D eigenvalue weighted by Gasteiger charge is 2.16. The zero-order valence-corrected chi connectivity index (χ0v) is 11.7. The summed E-state index contributed by atoms with van der Waals surface area (Å²) < 4.78 is 1.74. The van der Waals surface area contributed by atoms with Crippen LogP contribution in [-0.2, 0) is 4.79 Å². The summed E-state index contributed by atoms with van der Waals surface area (Å²) >= 11 is 0. The number of carbonyl (C=O) groups excluding carboxylic acids is 1. The minimum absolute atomic E-state index is 0.102. The van der Waals surface area contributed by atoms with Gasteiger partial charge < -0.3 is 4.90 Å². The lowest BCUT2D eigenvalue weighted by Gasteiger charge is -2.16. The zero-order valence-electron chi connectivity index (χ0n) is 11.7. The molecular weight excluding hydrogens is 252 g/mol. The molecule has 0 unspecified atom stereocenters. The van der Waals surface area contributed by atoms with E-state index in [1.165, 1.54) is 12.8 Å². The van der Waals surface area contributed by atoms with Gasteiger partial charge in [-0.1, -0.05) is 6.58 Å². The van der Waals surface area contributed by atoms with E-state index in [2.05, 4.69) is 16.6 Å². The number of fused-ring (bicyclic) bond motifs is 1. The summed E-state index contributed by atoms with van der Waals surface area (Å²) in [6.45, 7) is 7.67. The van der Waals surface area contributed by atoms with Crippen molar-refractivity contribution in [2.24, 2.45) is 0 Å². The normalized spacial score (nSPS) is 14.9. The third-order valence-corrected chi connectivity index (χ3v) is 3.63. The van der Waals surface area contributed by atoms with Crippen molar-refractivity contribution in [1.82, 2.24) is 14.6 Å². The predicted molar refractivity (Wildman–Crippen MR) is 78.8 cm³/mol. The Morgan fingerprint density at radius 1 is 1.40 bits per heavy atom. The van der Waals surface area contributed by atoms with Crippen LogP contribution in [0, 0.1) is 0 Å². The van der Waals surface area contributed by atoms with Crippen molar-refractivity contribution >= 4 is 22.8 Å². The van der Waals surface area contributed by atoms with E-state index >= 15 is 0 Å². The molecule has 3 rings (SSSR count). The number of aromatic nitrogens is 3. The molecule has 0 radical (unpaired) electrons. The minimum Gasteiger partial charge on any atom is -0.357 e. The molecule has 0 aliphatic carbocycles. The van der Waals surface area contributed by atoms with Crippen LogP contribution < -0.4 is 4.90 Å². The monoisotopic (exact) mass is 270 g/mol. The molecule has 3 heterocycles. The van der Waals surface area contributed by atoms with Crippen molar-refractivity contribution in [3.8, 4) is 0 Å². The molecule has 0 spiro atoms. The molecule has 0 aromatic carbocycles. The third-order valence-electron chi connectivity index (χ3n) is 3.63. The van der Waals surface area contributed by atoms with Gasteiger partial charge in [-0.3, -0.25) is 4.79 Å². The van der Waals surface area contributed by atoms with E-state index in [4.69, 9.17) is 4.98 Å². The lowest BCUT2D eigenvalue weighted by atomic mass is 10.1. The second kappa shape index (κ2) is 5.07. The van der Waals surface area contributed by atoms with Gasteiger partial charge in [-0.2, -0.15) is 5.10 Å². The summed E-state index contributed by atoms with van der Waals surface area (Å²) in [5.74, 6) is 1.08. The fourth-order valence-corrected chi connectivity index (χ4v) is 2.63. The van der Waals surface area contributed by atoms with E-state index in [0.717, 1.165) is 35.7 Å². The van der Waals surface area contributed by atoms with Gasteiger partial charge in [0.05, 0.1) is 6.20 Å². The first kappa shape index (κ1) is 12.8. The average Bonchev–Trinajstić information content (AvgIpc) is 3.06. The second-order valence-corrected chi connectivity index (χ2v) is 5.29. The number of hydrogen-bond acceptors (Lipinski definition) is 4. The van der Waals surface area contributed by atoms with Gasteiger partial charge in [0.25, 0.3) is 0 Å². The van der Waals surface area contributed by atoms with Crippen molar-refractivity contribution in [1.29, 1.82) is 0 Å². The van der Waals surface area contributed by atoms with Crippen molar-refractivity contribution in [2.75, 3.05) is 18.0 Å². The first-order valence-corrected chi connectivity index (χ1v) is 6.92. The second-order valence-electron chi connectivity index (χ2n) is 5.29. The molecule has 0 amide bonds. The Morgan fingerprint density at radius 3 is 2.85 bits per heavy atom. The first-order valence-electron chi connectivity index (χ1n) is 6.92. The molecule has 5 nitrogen and oxygen atoms in total. The van der Waals surface area contributed by atoms with Crippen LogP contribution in [0.3, 0.4) is 0 Å². The highest BCUT2D eigenvalue weighted by Crippen LogP contribution is 2.24. The minimum atomic E-state index is 0.102. The SMILES string of the molecule is C=C(CC(C)=O)c1cnn2ccc(N3CCCC3)nc12. The van der Waals surface area contributed by atoms with Gasteiger partial charge in [-0.15, -0.1) is 0 Å². The number of hydrogen-bond donors (Lipinski definition) is 0. The Morgan fingerprint density at radius 2 is 2.15 bits per heavy atom. The van der Waals surface area contributed by atoms with Crippen LogP contribution in [0.4, 0.5) is 5.82 Å². The number of nitrogens with zero attached hydrogens (tertiary/aromatic N) is 4. The van der Waals surface area contributed by atoms with Crippen molar-refractivity contribution in [3.63, 3.8) is 0 Å². The van der Waals surface area contributed by atoms with E-state index in [-0.39, 0.29) is 5.78 Å². The van der Waals surface area contributed by atoms with Crippen LogP contribution in [0.15, 0.2) is 25.0 Å². The number of anilines is 1. The fourth-order valence-electron chi connectivity index (χ4n) is 2.63. The summed E-state index contributed by atoms with van der Waals surface area (Å²) in [6, 6.07) is 1.99. The van der Waals surface area contributed by atoms with E-state index in [9.17, 15) is 4.79 Å². The Kier molecular flexibility index (Phi) is 3.26. The summed E-state index contributed by atoms with van der Waals surface area (Å²) in [6.07, 6.45) is 6.44. The Bertz CT molecular complexity index is 668. The molecule has 5 heteroatoms. The van der Waals surface area contributed by atoms with Gasteiger partial charge in [-0.05, 0) is 31.4 Å². The lowest BCUT2D eigenvalue weighted by Crippen LogP contribution is -2.19. The molecule has 0 saturated carbocycles. The summed E-state index contributed by atoms with van der Waals surface area (Å²) in [5.41, 5.74) is 2.42. The van der Waals surface area contributed by atoms with E-state index < -0.39 is 0 Å². The Balaban J connectivity index is 1.98. The maximum absolute atomic E-state index is 11.2. The number of allylic oxidation sites excluding steroid dienone is 1. The van der Waals surface area contributed by atoms with Crippen LogP contribution in [0.5, 0.6) is 0 Å². The number of carbonyl (C=O) groups is 1. The van der Waals surface area contributed by atoms with Crippen molar-refractivity contribution in [3.05, 3.63) is 30.6 Å². The molecule has 1 fully saturated rings. The molecule has 1 aliphatic rings. The third kappa shape index (κ3) is 2.31. The largest absolute Gasteiger partial charge is 0.357 e. The molecule has 0 N–H and O–H groups in total. The summed E-state index contributed by atoms with van der Waals surface area (Å²) in [7, 11) is 0. The lowest BCUT2D eigenvalue weighted by molar-refractivity contribution is -0.116. The standard InChI is InChI=1S/C15H18N4O/c1-11(9-12(2)20)13-10-16-19-8-5-14(17-15(13)19)18-6-3-4-7-18/h5,8,10H,1,3-4,6-7,9H2,2H3. The molecule has 104 valence electrons. The van der Waals surface area contributed by atoms with E-state index in [1.54, 1.807) is 17.6 Å². The van der Waals surface area contributed by atoms with E-state index in [0.29, 0.717) is 6.42 Å². The maximum atomic E-state index is 11.2. The molecule has 0 bridgehead atoms. The molecular formula is C15H18N4O. The number of rotatable bonds is 4. The van der Waals surface area contributed by atoms with Crippen LogP contribution in [0.1, 0.15) is 31.7 Å². The van der Waals surface area contributed by atoms with Crippen LogP contribution in [0.25, 0.3) is 11.2 Å². The van der Waals surface area contributed by atoms with E-state index in [1.807, 2.05) is 12.3 Å². The van der Waals surface area contributed by atoms with Crippen molar-refractivity contribution in [2.45, 2.75) is 26.2 Å². The summed E-state index contributed by atoms with van der Waals surface area (Å²) in [4.78, 5) is 18.2. The quantitative estimate of drug-likeness (QED) is 0.855. The topological polar surface area (TPSA) is 50.5 Å². The van der Waals surface area contributed by atoms with Crippen molar-refractivity contribution < 1.29 is 4.79 Å². The van der Waals surface area contributed by atoms with Crippen LogP contribution in [0.2, 0.25) is 0 Å². The highest BCUT2D eigenvalue weighted by molar-refractivity contribution is 5.90.